The predicted octanol–water partition coefficient (Wildman–Crippen LogP) is 3.71. The van der Waals surface area contributed by atoms with Crippen molar-refractivity contribution in [2.75, 3.05) is 18.5 Å². The van der Waals surface area contributed by atoms with Crippen molar-refractivity contribution in [1.29, 1.82) is 5.26 Å². The summed E-state index contributed by atoms with van der Waals surface area (Å²) in [5.74, 6) is -5.70. The summed E-state index contributed by atoms with van der Waals surface area (Å²) in [7, 11) is 0. The fourth-order valence-electron chi connectivity index (χ4n) is 5.41. The Kier molecular flexibility index (Phi) is 15.2. The lowest BCUT2D eigenvalue weighted by Gasteiger charge is -2.32. The molecule has 1 saturated carbocycles. The van der Waals surface area contributed by atoms with Gasteiger partial charge in [-0.15, -0.1) is 0 Å². The highest BCUT2D eigenvalue weighted by atomic mass is 19.1. The monoisotopic (exact) mass is 726 g/mol. The van der Waals surface area contributed by atoms with Crippen molar-refractivity contribution in [2.24, 2.45) is 23.3 Å². The number of aliphatic carboxylic acids is 1. The summed E-state index contributed by atoms with van der Waals surface area (Å²) in [6.07, 6.45) is -0.797. The fourth-order valence-corrected chi connectivity index (χ4v) is 5.41. The molecule has 2 amide bonds. The average molecular weight is 727 g/mol. The highest BCUT2D eigenvalue weighted by molar-refractivity contribution is 5.98. The molecule has 1 heterocycles. The minimum Gasteiger partial charge on any atom is -0.480 e. The van der Waals surface area contributed by atoms with Crippen LogP contribution in [-0.2, 0) is 28.6 Å². The molecular formula is C36H47FN6O9. The number of nitrogens with one attached hydrogen (secondary N) is 2. The first-order chi connectivity index (χ1) is 24.7. The number of nitriles is 1. The number of halogens is 1. The van der Waals surface area contributed by atoms with Crippen molar-refractivity contribution < 1.29 is 47.7 Å². The molecule has 3 rings (SSSR count). The summed E-state index contributed by atoms with van der Waals surface area (Å²) in [4.78, 5) is 68.6. The molecule has 1 aromatic carbocycles. The molecule has 2 aromatic rings. The van der Waals surface area contributed by atoms with Crippen LogP contribution in [0.15, 0.2) is 30.5 Å². The second kappa shape index (κ2) is 19.0. The van der Waals surface area contributed by atoms with Gasteiger partial charge in [-0.05, 0) is 42.5 Å². The maximum atomic E-state index is 16.1. The van der Waals surface area contributed by atoms with Crippen LogP contribution in [0.3, 0.4) is 0 Å². The third kappa shape index (κ3) is 10.8. The predicted molar refractivity (Wildman–Crippen MR) is 185 cm³/mol. The van der Waals surface area contributed by atoms with Crippen molar-refractivity contribution >= 4 is 35.5 Å². The third-order valence-electron chi connectivity index (χ3n) is 9.20. The molecule has 6 unspecified atom stereocenters. The van der Waals surface area contributed by atoms with E-state index in [2.05, 4.69) is 15.6 Å². The van der Waals surface area contributed by atoms with Crippen molar-refractivity contribution in [3.63, 3.8) is 0 Å². The molecule has 1 aliphatic carbocycles. The maximum absolute atomic E-state index is 16.1. The summed E-state index contributed by atoms with van der Waals surface area (Å²) in [5.41, 5.74) is 12.3. The standard InChI is InChI=1S/C36H47FN6O9/c1-6-18(4)31(39)34(47)51-16-26(50-17-28(45)46)33(52-35(48)32(40)19(5)7-2)30-21(25(44)8-3)10-11-23(37)29(30)22-13-24(22)42-36(49)43-27-12-9-20(14-38)15-41-27/h9-12,15,18-19,22,24,26,31-33H,6-8,13,16-17,39-40H2,1-5H3,(H,45,46)(H2,41,42,43,49)/t18?,19?,22-,24+,26?,31?,32?,33?/m0/s1. The van der Waals surface area contributed by atoms with E-state index in [1.54, 1.807) is 20.8 Å². The molecular weight excluding hydrogens is 679 g/mol. The smallest absolute Gasteiger partial charge is 0.329 e. The molecule has 0 aliphatic heterocycles. The van der Waals surface area contributed by atoms with Gasteiger partial charge in [-0.25, -0.2) is 19.0 Å². The molecule has 1 fully saturated rings. The number of carbonyl (C=O) groups excluding carboxylic acids is 4. The molecule has 1 aliphatic rings. The number of carbonyl (C=O) groups is 5. The molecule has 7 N–H and O–H groups in total. The van der Waals surface area contributed by atoms with E-state index >= 15 is 4.39 Å². The van der Waals surface area contributed by atoms with Gasteiger partial charge in [0.05, 0.1) is 5.56 Å². The third-order valence-corrected chi connectivity index (χ3v) is 9.20. The van der Waals surface area contributed by atoms with Crippen LogP contribution in [0, 0.1) is 29.0 Å². The van der Waals surface area contributed by atoms with Crippen LogP contribution < -0.4 is 22.1 Å². The molecule has 1 aromatic heterocycles. The van der Waals surface area contributed by atoms with Gasteiger partial charge in [0.15, 0.2) is 11.9 Å². The number of aromatic nitrogens is 1. The van der Waals surface area contributed by atoms with Gasteiger partial charge in [-0.3, -0.25) is 19.7 Å². The lowest BCUT2D eigenvalue weighted by Crippen LogP contribution is -2.43. The summed E-state index contributed by atoms with van der Waals surface area (Å²) in [6.45, 7) is 7.06. The Morgan fingerprint density at radius 3 is 2.25 bits per heavy atom. The molecule has 0 radical (unpaired) electrons. The summed E-state index contributed by atoms with van der Waals surface area (Å²) >= 11 is 0. The Morgan fingerprint density at radius 1 is 1.04 bits per heavy atom. The van der Waals surface area contributed by atoms with E-state index in [9.17, 15) is 29.1 Å². The number of benzene rings is 1. The number of carboxylic acid groups (broad SMARTS) is 1. The van der Waals surface area contributed by atoms with E-state index in [0.29, 0.717) is 12.8 Å². The Hall–Kier alpha value is -4.98. The summed E-state index contributed by atoms with van der Waals surface area (Å²) in [5, 5.41) is 23.8. The average Bonchev–Trinajstić information content (AvgIpc) is 3.89. The number of hydrogen-bond donors (Lipinski definition) is 5. The summed E-state index contributed by atoms with van der Waals surface area (Å²) < 4.78 is 33.2. The van der Waals surface area contributed by atoms with E-state index in [1.807, 2.05) is 19.9 Å². The molecule has 16 heteroatoms. The zero-order valence-corrected chi connectivity index (χ0v) is 29.9. The molecule has 8 atom stereocenters. The van der Waals surface area contributed by atoms with Crippen LogP contribution in [-0.4, -0.2) is 77.3 Å². The van der Waals surface area contributed by atoms with E-state index in [-0.39, 0.29) is 52.7 Å². The molecule has 282 valence electrons. The fraction of sp³-hybridized carbons (Fsp3) is 0.528. The van der Waals surface area contributed by atoms with Crippen LogP contribution in [0.5, 0.6) is 0 Å². The first-order valence-electron chi connectivity index (χ1n) is 17.2. The zero-order chi connectivity index (χ0) is 38.7. The topological polar surface area (TPSA) is 246 Å². The maximum Gasteiger partial charge on any atom is 0.329 e. The van der Waals surface area contributed by atoms with Crippen molar-refractivity contribution in [3.05, 3.63) is 58.5 Å². The van der Waals surface area contributed by atoms with Gasteiger partial charge in [0.1, 0.15) is 49.1 Å². The second-order valence-electron chi connectivity index (χ2n) is 12.8. The Morgan fingerprint density at radius 2 is 1.69 bits per heavy atom. The molecule has 0 saturated heterocycles. The number of urea groups is 1. The van der Waals surface area contributed by atoms with Crippen LogP contribution in [0.25, 0.3) is 0 Å². The number of nitrogens with zero attached hydrogens (tertiary/aromatic N) is 2. The number of esters is 2. The number of nitrogens with two attached hydrogens (primary N) is 2. The molecule has 52 heavy (non-hydrogen) atoms. The zero-order valence-electron chi connectivity index (χ0n) is 29.9. The van der Waals surface area contributed by atoms with Gasteiger partial charge in [0.2, 0.25) is 0 Å². The number of Topliss-reactive ketones (excluding diaryl/α,β-unsaturated/α-hetero) is 1. The Labute approximate surface area is 301 Å². The molecule has 15 nitrogen and oxygen atoms in total. The normalized spacial score (nSPS) is 18.4. The highest BCUT2D eigenvalue weighted by Gasteiger charge is 2.47. The van der Waals surface area contributed by atoms with Gasteiger partial charge in [-0.1, -0.05) is 47.5 Å². The Balaban J connectivity index is 2.11. The number of pyridine rings is 1. The van der Waals surface area contributed by atoms with E-state index < -0.39 is 85.0 Å². The molecule has 0 spiro atoms. The largest absolute Gasteiger partial charge is 0.480 e. The highest BCUT2D eigenvalue weighted by Crippen LogP contribution is 2.47. The van der Waals surface area contributed by atoms with Crippen molar-refractivity contribution in [1.82, 2.24) is 10.3 Å². The number of ketones is 1. The quantitative estimate of drug-likeness (QED) is 0.102. The van der Waals surface area contributed by atoms with Gasteiger partial charge in [0.25, 0.3) is 0 Å². The van der Waals surface area contributed by atoms with Crippen LogP contribution in [0.1, 0.15) is 99.4 Å². The van der Waals surface area contributed by atoms with Crippen LogP contribution >= 0.6 is 0 Å². The van der Waals surface area contributed by atoms with E-state index in [1.165, 1.54) is 24.4 Å². The van der Waals surface area contributed by atoms with E-state index in [0.717, 1.165) is 6.07 Å². The molecule has 0 bridgehead atoms. The summed E-state index contributed by atoms with van der Waals surface area (Å²) in [6, 6.07) is 3.57. The second-order valence-corrected chi connectivity index (χ2v) is 12.8. The minimum atomic E-state index is -1.70. The SMILES string of the molecule is CCC(=O)c1ccc(F)c([C@H]2C[C@H]2NC(=O)Nc2ccc(C#N)cn2)c1C(OC(=O)C(N)C(C)CC)C(COC(=O)C(N)C(C)CC)OCC(=O)O. The number of ether oxygens (including phenoxy) is 3. The van der Waals surface area contributed by atoms with Gasteiger partial charge >= 0.3 is 23.9 Å². The lowest BCUT2D eigenvalue weighted by molar-refractivity contribution is -0.172. The Bertz CT molecular complexity index is 1650. The number of amides is 2. The van der Waals surface area contributed by atoms with Crippen LogP contribution in [0.4, 0.5) is 15.0 Å². The van der Waals surface area contributed by atoms with Gasteiger partial charge in [0, 0.05) is 41.3 Å². The number of rotatable bonds is 19. The van der Waals surface area contributed by atoms with Gasteiger partial charge < -0.3 is 36.1 Å². The van der Waals surface area contributed by atoms with E-state index in [4.69, 9.17) is 30.9 Å². The van der Waals surface area contributed by atoms with Crippen molar-refractivity contribution in [3.8, 4) is 6.07 Å². The lowest BCUT2D eigenvalue weighted by atomic mass is 9.87. The number of anilines is 1. The van der Waals surface area contributed by atoms with Gasteiger partial charge in [-0.2, -0.15) is 5.26 Å². The first-order valence-corrected chi connectivity index (χ1v) is 17.2. The minimum absolute atomic E-state index is 0.0442. The van der Waals surface area contributed by atoms with Crippen molar-refractivity contribution in [2.45, 2.75) is 96.6 Å². The number of carboxylic acids is 1. The van der Waals surface area contributed by atoms with Crippen LogP contribution in [0.2, 0.25) is 0 Å². The first kappa shape index (κ1) is 41.4. The number of hydrogen-bond acceptors (Lipinski definition) is 12.